The van der Waals surface area contributed by atoms with Gasteiger partial charge in [-0.3, -0.25) is 9.59 Å². The molecule has 1 heterocycles. The summed E-state index contributed by atoms with van der Waals surface area (Å²) in [6.07, 6.45) is 1.46. The highest BCUT2D eigenvalue weighted by molar-refractivity contribution is 5.88. The minimum Gasteiger partial charge on any atom is -0.496 e. The molecule has 1 aromatic carbocycles. The first-order chi connectivity index (χ1) is 11.6. The smallest absolute Gasteiger partial charge is 0.258 e. The Balaban J connectivity index is 1.79. The first-order valence-electron chi connectivity index (χ1n) is 7.33. The van der Waals surface area contributed by atoms with Gasteiger partial charge in [-0.25, -0.2) is 4.98 Å². The predicted molar refractivity (Wildman–Crippen MR) is 88.9 cm³/mol. The Labute approximate surface area is 140 Å². The van der Waals surface area contributed by atoms with Gasteiger partial charge in [-0.2, -0.15) is 0 Å². The summed E-state index contributed by atoms with van der Waals surface area (Å²) in [5.41, 5.74) is 1.45. The molecule has 0 aliphatic rings. The second-order valence-electron chi connectivity index (χ2n) is 4.94. The highest BCUT2D eigenvalue weighted by Gasteiger charge is 2.06. The van der Waals surface area contributed by atoms with E-state index in [0.717, 1.165) is 5.56 Å². The Morgan fingerprint density at radius 2 is 1.96 bits per heavy atom. The van der Waals surface area contributed by atoms with Crippen molar-refractivity contribution < 1.29 is 19.1 Å². The van der Waals surface area contributed by atoms with Gasteiger partial charge in [0.1, 0.15) is 5.75 Å². The monoisotopic (exact) mass is 329 g/mol. The number of ether oxygens (including phenoxy) is 2. The van der Waals surface area contributed by atoms with E-state index < -0.39 is 0 Å². The van der Waals surface area contributed by atoms with E-state index in [0.29, 0.717) is 23.9 Å². The molecule has 0 saturated carbocycles. The molecule has 0 fully saturated rings. The lowest BCUT2D eigenvalue weighted by molar-refractivity contribution is -0.123. The van der Waals surface area contributed by atoms with Gasteiger partial charge in [0.2, 0.25) is 11.8 Å². The molecule has 0 spiro atoms. The van der Waals surface area contributed by atoms with Gasteiger partial charge in [-0.05, 0) is 12.1 Å². The van der Waals surface area contributed by atoms with Gasteiger partial charge in [0.15, 0.2) is 6.61 Å². The number of aromatic nitrogens is 1. The number of para-hydroxylation sites is 1. The van der Waals surface area contributed by atoms with Crippen LogP contribution >= 0.6 is 0 Å². The average Bonchev–Trinajstić information content (AvgIpc) is 2.59. The summed E-state index contributed by atoms with van der Waals surface area (Å²) in [5.74, 6) is 0.570. The number of hydrogen-bond acceptors (Lipinski definition) is 5. The average molecular weight is 329 g/mol. The molecule has 2 rings (SSSR count). The molecule has 0 bridgehead atoms. The fourth-order valence-electron chi connectivity index (χ4n) is 1.98. The van der Waals surface area contributed by atoms with Crippen molar-refractivity contribution in [3.05, 3.63) is 48.2 Å². The van der Waals surface area contributed by atoms with Gasteiger partial charge >= 0.3 is 0 Å². The first-order valence-corrected chi connectivity index (χ1v) is 7.33. The van der Waals surface area contributed by atoms with Crippen LogP contribution in [-0.4, -0.2) is 30.5 Å². The molecule has 2 amide bonds. The van der Waals surface area contributed by atoms with Crippen molar-refractivity contribution in [3.63, 3.8) is 0 Å². The summed E-state index contributed by atoms with van der Waals surface area (Å²) in [6.45, 7) is 1.61. The van der Waals surface area contributed by atoms with E-state index in [1.807, 2.05) is 24.3 Å². The summed E-state index contributed by atoms with van der Waals surface area (Å²) in [4.78, 5) is 26.8. The molecule has 0 radical (unpaired) electrons. The SMILES string of the molecule is COc1ccccc1CNC(=O)COc1ccc(NC(C)=O)cn1. The maximum absolute atomic E-state index is 11.8. The lowest BCUT2D eigenvalue weighted by Crippen LogP contribution is -2.28. The molecular weight excluding hydrogens is 310 g/mol. The van der Waals surface area contributed by atoms with Gasteiger partial charge in [0.25, 0.3) is 5.91 Å². The minimum atomic E-state index is -0.270. The van der Waals surface area contributed by atoms with Crippen LogP contribution in [0.1, 0.15) is 12.5 Å². The van der Waals surface area contributed by atoms with E-state index in [4.69, 9.17) is 9.47 Å². The molecule has 0 aliphatic carbocycles. The Morgan fingerprint density at radius 3 is 2.62 bits per heavy atom. The number of nitrogens with zero attached hydrogens (tertiary/aromatic N) is 1. The van der Waals surface area contributed by atoms with Crippen molar-refractivity contribution in [2.45, 2.75) is 13.5 Å². The van der Waals surface area contributed by atoms with E-state index in [1.165, 1.54) is 13.1 Å². The number of amides is 2. The number of benzene rings is 1. The van der Waals surface area contributed by atoms with Crippen molar-refractivity contribution in [1.82, 2.24) is 10.3 Å². The standard InChI is InChI=1S/C17H19N3O4/c1-12(21)20-14-7-8-17(19-10-14)24-11-16(22)18-9-13-5-3-4-6-15(13)23-2/h3-8,10H,9,11H2,1-2H3,(H,18,22)(H,20,21). The normalized spacial score (nSPS) is 9.92. The molecule has 0 saturated heterocycles. The zero-order valence-electron chi connectivity index (χ0n) is 13.5. The van der Waals surface area contributed by atoms with E-state index in [9.17, 15) is 9.59 Å². The zero-order valence-corrected chi connectivity index (χ0v) is 13.5. The van der Waals surface area contributed by atoms with Crippen molar-refractivity contribution in [2.75, 3.05) is 19.0 Å². The summed E-state index contributed by atoms with van der Waals surface area (Å²) >= 11 is 0. The highest BCUT2D eigenvalue weighted by Crippen LogP contribution is 2.16. The maximum atomic E-state index is 11.8. The van der Waals surface area contributed by atoms with E-state index >= 15 is 0 Å². The zero-order chi connectivity index (χ0) is 17.4. The van der Waals surface area contributed by atoms with E-state index in [1.54, 1.807) is 19.2 Å². The maximum Gasteiger partial charge on any atom is 0.258 e. The number of nitrogens with one attached hydrogen (secondary N) is 2. The largest absolute Gasteiger partial charge is 0.496 e. The molecule has 0 atom stereocenters. The van der Waals surface area contributed by atoms with Crippen LogP contribution in [0.15, 0.2) is 42.6 Å². The van der Waals surface area contributed by atoms with Crippen LogP contribution in [0.5, 0.6) is 11.6 Å². The third-order valence-corrected chi connectivity index (χ3v) is 3.08. The Kier molecular flexibility index (Phi) is 6.13. The summed E-state index contributed by atoms with van der Waals surface area (Å²) in [5, 5.41) is 5.35. The van der Waals surface area contributed by atoms with E-state index in [2.05, 4.69) is 15.6 Å². The van der Waals surface area contributed by atoms with Crippen molar-refractivity contribution >= 4 is 17.5 Å². The van der Waals surface area contributed by atoms with Crippen LogP contribution in [-0.2, 0) is 16.1 Å². The fourth-order valence-corrected chi connectivity index (χ4v) is 1.98. The molecular formula is C17H19N3O4. The van der Waals surface area contributed by atoms with Crippen LogP contribution in [0, 0.1) is 0 Å². The number of pyridine rings is 1. The van der Waals surface area contributed by atoms with Crippen LogP contribution in [0.2, 0.25) is 0 Å². The molecule has 2 N–H and O–H groups in total. The Hall–Kier alpha value is -3.09. The third kappa shape index (κ3) is 5.28. The van der Waals surface area contributed by atoms with Gasteiger partial charge in [0.05, 0.1) is 19.0 Å². The number of carbonyl (C=O) groups is 2. The second kappa shape index (κ2) is 8.52. The highest BCUT2D eigenvalue weighted by atomic mass is 16.5. The molecule has 24 heavy (non-hydrogen) atoms. The second-order valence-corrected chi connectivity index (χ2v) is 4.94. The van der Waals surface area contributed by atoms with Crippen LogP contribution in [0.4, 0.5) is 5.69 Å². The van der Waals surface area contributed by atoms with Gasteiger partial charge < -0.3 is 20.1 Å². The molecule has 0 unspecified atom stereocenters. The number of anilines is 1. The molecule has 2 aromatic rings. The fraction of sp³-hybridized carbons (Fsp3) is 0.235. The Morgan fingerprint density at radius 1 is 1.17 bits per heavy atom. The van der Waals surface area contributed by atoms with Crippen LogP contribution < -0.4 is 20.1 Å². The van der Waals surface area contributed by atoms with Crippen molar-refractivity contribution in [3.8, 4) is 11.6 Å². The topological polar surface area (TPSA) is 89.5 Å². The third-order valence-electron chi connectivity index (χ3n) is 3.08. The number of carbonyl (C=O) groups excluding carboxylic acids is 2. The van der Waals surface area contributed by atoms with Gasteiger partial charge in [-0.15, -0.1) is 0 Å². The molecule has 0 aliphatic heterocycles. The summed E-state index contributed by atoms with van der Waals surface area (Å²) in [7, 11) is 1.58. The van der Waals surface area contributed by atoms with Crippen LogP contribution in [0.3, 0.4) is 0 Å². The lowest BCUT2D eigenvalue weighted by Gasteiger charge is -2.10. The molecule has 7 nitrogen and oxygen atoms in total. The van der Waals surface area contributed by atoms with Gasteiger partial charge in [-0.1, -0.05) is 18.2 Å². The summed E-state index contributed by atoms with van der Waals surface area (Å²) in [6, 6.07) is 10.7. The van der Waals surface area contributed by atoms with Crippen molar-refractivity contribution in [2.24, 2.45) is 0 Å². The van der Waals surface area contributed by atoms with Gasteiger partial charge in [0, 0.05) is 25.1 Å². The quantitative estimate of drug-likeness (QED) is 0.808. The van der Waals surface area contributed by atoms with Crippen LogP contribution in [0.25, 0.3) is 0 Å². The Bertz CT molecular complexity index is 701. The molecule has 1 aromatic heterocycles. The van der Waals surface area contributed by atoms with E-state index in [-0.39, 0.29) is 18.4 Å². The lowest BCUT2D eigenvalue weighted by atomic mass is 10.2. The number of rotatable bonds is 7. The minimum absolute atomic E-state index is 0.151. The number of hydrogen-bond donors (Lipinski definition) is 2. The summed E-state index contributed by atoms with van der Waals surface area (Å²) < 4.78 is 10.5. The molecule has 7 heteroatoms. The first kappa shape index (κ1) is 17.3. The predicted octanol–water partition coefficient (Wildman–Crippen LogP) is 1.74. The molecule has 126 valence electrons. The number of methoxy groups -OCH3 is 1. The van der Waals surface area contributed by atoms with Crippen molar-refractivity contribution in [1.29, 1.82) is 0 Å².